The number of carboxylic acids is 1. The van der Waals surface area contributed by atoms with E-state index in [2.05, 4.69) is 10.0 Å². The summed E-state index contributed by atoms with van der Waals surface area (Å²) in [6.07, 6.45) is 0.576. The highest BCUT2D eigenvalue weighted by Crippen LogP contribution is 2.18. The predicted molar refractivity (Wildman–Crippen MR) is 62.9 cm³/mol. The molecule has 1 fully saturated rings. The molecule has 0 aliphatic carbocycles. The molecule has 0 aromatic heterocycles. The zero-order valence-electron chi connectivity index (χ0n) is 10.0. The lowest BCUT2D eigenvalue weighted by Gasteiger charge is -2.29. The summed E-state index contributed by atoms with van der Waals surface area (Å²) in [6.45, 7) is -0.0161. The second-order valence-corrected chi connectivity index (χ2v) is 5.77. The van der Waals surface area contributed by atoms with Gasteiger partial charge < -0.3 is 10.4 Å². The summed E-state index contributed by atoms with van der Waals surface area (Å²) in [5.74, 6) is -1.82. The monoisotopic (exact) mass is 279 g/mol. The van der Waals surface area contributed by atoms with Crippen molar-refractivity contribution in [2.45, 2.75) is 12.8 Å². The average molecular weight is 279 g/mol. The number of piperidine rings is 1. The number of nitrogens with zero attached hydrogens (tertiary/aromatic N) is 1. The number of carbonyl (C=O) groups excluding carboxylic acids is 1. The molecule has 1 amide bonds. The van der Waals surface area contributed by atoms with Crippen LogP contribution in [-0.2, 0) is 19.8 Å². The van der Waals surface area contributed by atoms with E-state index in [4.69, 9.17) is 5.11 Å². The van der Waals surface area contributed by atoms with Gasteiger partial charge in [0.25, 0.3) is 10.2 Å². The van der Waals surface area contributed by atoms with Crippen molar-refractivity contribution in [1.82, 2.24) is 14.3 Å². The van der Waals surface area contributed by atoms with Gasteiger partial charge >= 0.3 is 5.97 Å². The Bertz CT molecular complexity index is 414. The van der Waals surface area contributed by atoms with E-state index in [1.165, 1.54) is 7.05 Å². The van der Waals surface area contributed by atoms with E-state index < -0.39 is 28.0 Å². The molecule has 1 aliphatic rings. The minimum absolute atomic E-state index is 0.153. The second-order valence-electron chi connectivity index (χ2n) is 4.01. The normalized spacial score (nSPS) is 18.5. The van der Waals surface area contributed by atoms with E-state index >= 15 is 0 Å². The van der Waals surface area contributed by atoms with Crippen LogP contribution in [0.15, 0.2) is 0 Å². The van der Waals surface area contributed by atoms with Crippen molar-refractivity contribution >= 4 is 22.1 Å². The maximum Gasteiger partial charge on any atom is 0.306 e. The number of aliphatic carboxylic acids is 1. The Morgan fingerprint density at radius 2 is 1.89 bits per heavy atom. The van der Waals surface area contributed by atoms with Crippen LogP contribution in [0, 0.1) is 5.92 Å². The lowest BCUT2D eigenvalue weighted by molar-refractivity contribution is -0.142. The minimum Gasteiger partial charge on any atom is -0.481 e. The number of likely N-dealkylation sites (N-methyl/N-ethyl adjacent to an activating group) is 1. The lowest BCUT2D eigenvalue weighted by atomic mass is 9.99. The summed E-state index contributed by atoms with van der Waals surface area (Å²) in [4.78, 5) is 21.7. The highest BCUT2D eigenvalue weighted by atomic mass is 32.2. The maximum atomic E-state index is 11.8. The Morgan fingerprint density at radius 1 is 1.33 bits per heavy atom. The molecule has 1 rings (SSSR count). The van der Waals surface area contributed by atoms with Gasteiger partial charge in [-0.2, -0.15) is 17.4 Å². The fourth-order valence-corrected chi connectivity index (χ4v) is 2.87. The molecule has 0 unspecified atom stereocenters. The molecule has 0 aromatic carbocycles. The molecule has 0 radical (unpaired) electrons. The molecule has 0 bridgehead atoms. The molecule has 1 aliphatic heterocycles. The largest absolute Gasteiger partial charge is 0.481 e. The molecular weight excluding hydrogens is 262 g/mol. The molecule has 1 saturated heterocycles. The quantitative estimate of drug-likeness (QED) is 0.558. The van der Waals surface area contributed by atoms with Crippen LogP contribution in [0.3, 0.4) is 0 Å². The highest BCUT2D eigenvalue weighted by molar-refractivity contribution is 7.87. The van der Waals surface area contributed by atoms with E-state index in [-0.39, 0.29) is 32.5 Å². The van der Waals surface area contributed by atoms with Crippen molar-refractivity contribution in [3.8, 4) is 0 Å². The third-order valence-electron chi connectivity index (χ3n) is 2.84. The van der Waals surface area contributed by atoms with Gasteiger partial charge in [0.1, 0.15) is 0 Å². The smallest absolute Gasteiger partial charge is 0.306 e. The molecule has 8 nitrogen and oxygen atoms in total. The fourth-order valence-electron chi connectivity index (χ4n) is 1.68. The Hall–Kier alpha value is -1.19. The Labute approximate surface area is 106 Å². The first kappa shape index (κ1) is 14.9. The zero-order valence-corrected chi connectivity index (χ0v) is 10.9. The van der Waals surface area contributed by atoms with Crippen LogP contribution >= 0.6 is 0 Å². The molecule has 0 spiro atoms. The molecule has 18 heavy (non-hydrogen) atoms. The summed E-state index contributed by atoms with van der Waals surface area (Å²) >= 11 is 0. The van der Waals surface area contributed by atoms with Crippen molar-refractivity contribution in [1.29, 1.82) is 0 Å². The number of rotatable bonds is 5. The standard InChI is InChI=1S/C9H17N3O5S/c1-10-8(13)6-11-18(16,17)12-4-2-7(3-5-12)9(14)15/h7,11H,2-6H2,1H3,(H,10,13)(H,14,15). The summed E-state index contributed by atoms with van der Waals surface area (Å²) < 4.78 is 26.9. The summed E-state index contributed by atoms with van der Waals surface area (Å²) in [6, 6.07) is 0. The van der Waals surface area contributed by atoms with E-state index in [9.17, 15) is 18.0 Å². The molecule has 0 saturated carbocycles. The molecule has 0 aromatic rings. The number of amides is 1. The van der Waals surface area contributed by atoms with Gasteiger partial charge in [-0.05, 0) is 12.8 Å². The van der Waals surface area contributed by atoms with Crippen LogP contribution in [0.4, 0.5) is 0 Å². The number of carboxylic acid groups (broad SMARTS) is 1. The van der Waals surface area contributed by atoms with Crippen molar-refractivity contribution < 1.29 is 23.1 Å². The molecule has 104 valence electrons. The maximum absolute atomic E-state index is 11.8. The summed E-state index contributed by atoms with van der Waals surface area (Å²) in [7, 11) is -2.30. The zero-order chi connectivity index (χ0) is 13.8. The third-order valence-corrected chi connectivity index (χ3v) is 4.39. The third kappa shape index (κ3) is 3.93. The second kappa shape index (κ2) is 6.12. The number of hydrogen-bond donors (Lipinski definition) is 3. The van der Waals surface area contributed by atoms with Crippen molar-refractivity contribution in [2.75, 3.05) is 26.7 Å². The van der Waals surface area contributed by atoms with Crippen LogP contribution in [0.1, 0.15) is 12.8 Å². The number of nitrogens with one attached hydrogen (secondary N) is 2. The van der Waals surface area contributed by atoms with Crippen LogP contribution < -0.4 is 10.0 Å². The van der Waals surface area contributed by atoms with Crippen LogP contribution in [0.5, 0.6) is 0 Å². The van der Waals surface area contributed by atoms with Crippen LogP contribution in [-0.4, -0.2) is 56.4 Å². The number of carbonyl (C=O) groups is 2. The lowest BCUT2D eigenvalue weighted by Crippen LogP contribution is -2.48. The van der Waals surface area contributed by atoms with Crippen LogP contribution in [0.25, 0.3) is 0 Å². The molecule has 3 N–H and O–H groups in total. The van der Waals surface area contributed by atoms with Crippen molar-refractivity contribution in [3.05, 3.63) is 0 Å². The fraction of sp³-hybridized carbons (Fsp3) is 0.778. The van der Waals surface area contributed by atoms with Gasteiger partial charge in [0.2, 0.25) is 5.91 Å². The van der Waals surface area contributed by atoms with E-state index in [1.54, 1.807) is 0 Å². The van der Waals surface area contributed by atoms with Gasteiger partial charge in [-0.15, -0.1) is 0 Å². The SMILES string of the molecule is CNC(=O)CNS(=O)(=O)N1CCC(C(=O)O)CC1. The Kier molecular flexibility index (Phi) is 5.05. The minimum atomic E-state index is -3.71. The van der Waals surface area contributed by atoms with E-state index in [0.717, 1.165) is 4.31 Å². The molecule has 9 heteroatoms. The van der Waals surface area contributed by atoms with Gasteiger partial charge in [-0.3, -0.25) is 9.59 Å². The predicted octanol–water partition coefficient (Wildman–Crippen LogP) is -1.64. The van der Waals surface area contributed by atoms with Gasteiger partial charge in [-0.25, -0.2) is 0 Å². The Morgan fingerprint density at radius 3 is 2.33 bits per heavy atom. The van der Waals surface area contributed by atoms with Gasteiger partial charge in [0, 0.05) is 20.1 Å². The van der Waals surface area contributed by atoms with Crippen LogP contribution in [0.2, 0.25) is 0 Å². The topological polar surface area (TPSA) is 116 Å². The van der Waals surface area contributed by atoms with Gasteiger partial charge in [-0.1, -0.05) is 0 Å². The van der Waals surface area contributed by atoms with E-state index in [1.807, 2.05) is 0 Å². The highest BCUT2D eigenvalue weighted by Gasteiger charge is 2.30. The first-order valence-electron chi connectivity index (χ1n) is 5.55. The van der Waals surface area contributed by atoms with E-state index in [0.29, 0.717) is 0 Å². The summed E-state index contributed by atoms with van der Waals surface area (Å²) in [5.41, 5.74) is 0. The van der Waals surface area contributed by atoms with Crippen molar-refractivity contribution in [3.63, 3.8) is 0 Å². The Balaban J connectivity index is 2.50. The number of hydrogen-bond acceptors (Lipinski definition) is 4. The molecular formula is C9H17N3O5S. The summed E-state index contributed by atoms with van der Waals surface area (Å²) in [5, 5.41) is 11.1. The van der Waals surface area contributed by atoms with Gasteiger partial charge in [0.15, 0.2) is 0 Å². The molecule has 1 heterocycles. The molecule has 0 atom stereocenters. The first-order chi connectivity index (χ1) is 8.36. The first-order valence-corrected chi connectivity index (χ1v) is 6.99. The average Bonchev–Trinajstić information content (AvgIpc) is 2.36. The van der Waals surface area contributed by atoms with Crippen molar-refractivity contribution in [2.24, 2.45) is 5.92 Å². The van der Waals surface area contributed by atoms with Gasteiger partial charge in [0.05, 0.1) is 12.5 Å².